The molecule has 1 unspecified atom stereocenters. The van der Waals surface area contributed by atoms with Crippen LogP contribution in [0, 0.1) is 0 Å². The van der Waals surface area contributed by atoms with Crippen LogP contribution in [0.4, 0.5) is 4.79 Å². The number of rotatable bonds is 4. The van der Waals surface area contributed by atoms with Gasteiger partial charge in [0.2, 0.25) is 5.91 Å². The van der Waals surface area contributed by atoms with Crippen LogP contribution in [0.1, 0.15) is 24.9 Å². The molecule has 3 amide bonds. The van der Waals surface area contributed by atoms with Crippen LogP contribution in [-0.2, 0) is 4.79 Å². The topological polar surface area (TPSA) is 78.7 Å². The van der Waals surface area contributed by atoms with E-state index in [-0.39, 0.29) is 18.0 Å². The number of hydrogen-bond donors (Lipinski definition) is 2. The van der Waals surface area contributed by atoms with Crippen molar-refractivity contribution in [2.45, 2.75) is 19.4 Å². The van der Waals surface area contributed by atoms with Gasteiger partial charge in [-0.3, -0.25) is 4.79 Å². The minimum Gasteiger partial charge on any atom is -0.339 e. The van der Waals surface area contributed by atoms with Crippen molar-refractivity contribution in [1.82, 2.24) is 15.1 Å². The van der Waals surface area contributed by atoms with E-state index in [1.54, 1.807) is 9.80 Å². The van der Waals surface area contributed by atoms with Gasteiger partial charge in [0.05, 0.1) is 0 Å². The van der Waals surface area contributed by atoms with Gasteiger partial charge in [-0.2, -0.15) is 0 Å². The molecule has 0 spiro atoms. The van der Waals surface area contributed by atoms with Gasteiger partial charge in [0.25, 0.3) is 0 Å². The highest BCUT2D eigenvalue weighted by Gasteiger charge is 2.24. The standard InChI is InChI=1S/C16H24N4O2/c1-2-18-16(22)20-10-8-19(9-11-20)15(21)12-14(17)13-6-4-3-5-7-13/h3-7,14H,2,8-12,17H2,1H3,(H,18,22). The highest BCUT2D eigenvalue weighted by atomic mass is 16.2. The van der Waals surface area contributed by atoms with Gasteiger partial charge in [-0.15, -0.1) is 0 Å². The van der Waals surface area contributed by atoms with E-state index in [1.807, 2.05) is 37.3 Å². The Hall–Kier alpha value is -2.08. The summed E-state index contributed by atoms with van der Waals surface area (Å²) < 4.78 is 0. The molecule has 1 aromatic rings. The Morgan fingerprint density at radius 1 is 1.14 bits per heavy atom. The van der Waals surface area contributed by atoms with Gasteiger partial charge >= 0.3 is 6.03 Å². The van der Waals surface area contributed by atoms with Gasteiger partial charge in [0, 0.05) is 45.2 Å². The second kappa shape index (κ2) is 7.79. The smallest absolute Gasteiger partial charge is 0.317 e. The third-order valence-corrected chi connectivity index (χ3v) is 3.87. The summed E-state index contributed by atoms with van der Waals surface area (Å²) in [5, 5.41) is 2.78. The van der Waals surface area contributed by atoms with Gasteiger partial charge in [-0.1, -0.05) is 30.3 Å². The Morgan fingerprint density at radius 2 is 1.73 bits per heavy atom. The maximum Gasteiger partial charge on any atom is 0.317 e. The largest absolute Gasteiger partial charge is 0.339 e. The molecule has 6 nitrogen and oxygen atoms in total. The number of nitrogens with zero attached hydrogens (tertiary/aromatic N) is 2. The minimum absolute atomic E-state index is 0.0481. The third kappa shape index (κ3) is 4.21. The maximum absolute atomic E-state index is 12.3. The third-order valence-electron chi connectivity index (χ3n) is 3.87. The molecular formula is C16H24N4O2. The molecule has 0 aromatic heterocycles. The van der Waals surface area contributed by atoms with E-state index in [9.17, 15) is 9.59 Å². The van der Waals surface area contributed by atoms with Gasteiger partial charge in [-0.25, -0.2) is 4.79 Å². The van der Waals surface area contributed by atoms with Crippen molar-refractivity contribution in [1.29, 1.82) is 0 Å². The normalized spacial score (nSPS) is 16.3. The fourth-order valence-corrected chi connectivity index (χ4v) is 2.56. The summed E-state index contributed by atoms with van der Waals surface area (Å²) in [5.74, 6) is 0.0481. The number of nitrogens with two attached hydrogens (primary N) is 1. The lowest BCUT2D eigenvalue weighted by atomic mass is 10.0. The van der Waals surface area contributed by atoms with Crippen LogP contribution in [0.5, 0.6) is 0 Å². The zero-order valence-corrected chi connectivity index (χ0v) is 13.0. The number of amides is 3. The summed E-state index contributed by atoms with van der Waals surface area (Å²) in [6.45, 7) is 4.78. The van der Waals surface area contributed by atoms with Crippen LogP contribution < -0.4 is 11.1 Å². The fraction of sp³-hybridized carbons (Fsp3) is 0.500. The van der Waals surface area contributed by atoms with Crippen LogP contribution in [-0.4, -0.2) is 54.5 Å². The second-order valence-corrected chi connectivity index (χ2v) is 5.42. The number of piperazine rings is 1. The molecule has 0 radical (unpaired) electrons. The van der Waals surface area contributed by atoms with Crippen molar-refractivity contribution < 1.29 is 9.59 Å². The molecular weight excluding hydrogens is 280 g/mol. The lowest BCUT2D eigenvalue weighted by Crippen LogP contribution is -2.53. The second-order valence-electron chi connectivity index (χ2n) is 5.42. The van der Waals surface area contributed by atoms with Gasteiger partial charge in [0.15, 0.2) is 0 Å². The quantitative estimate of drug-likeness (QED) is 0.869. The Bertz CT molecular complexity index is 498. The Balaban J connectivity index is 1.81. The number of benzene rings is 1. The molecule has 2 rings (SSSR count). The first-order valence-corrected chi connectivity index (χ1v) is 7.73. The van der Waals surface area contributed by atoms with E-state index in [2.05, 4.69) is 5.32 Å². The van der Waals surface area contributed by atoms with Gasteiger partial charge in [0.1, 0.15) is 0 Å². The molecule has 0 aliphatic carbocycles. The van der Waals surface area contributed by atoms with Crippen LogP contribution in [0.3, 0.4) is 0 Å². The highest BCUT2D eigenvalue weighted by molar-refractivity contribution is 5.78. The molecule has 1 fully saturated rings. The van der Waals surface area contributed by atoms with E-state index in [4.69, 9.17) is 5.73 Å². The molecule has 1 aliphatic heterocycles. The highest BCUT2D eigenvalue weighted by Crippen LogP contribution is 2.15. The number of carbonyl (C=O) groups is 2. The molecule has 1 heterocycles. The number of hydrogen-bond acceptors (Lipinski definition) is 3. The minimum atomic E-state index is -0.282. The SMILES string of the molecule is CCNC(=O)N1CCN(C(=O)CC(N)c2ccccc2)CC1. The van der Waals surface area contributed by atoms with E-state index in [0.717, 1.165) is 5.56 Å². The summed E-state index contributed by atoms with van der Waals surface area (Å²) in [4.78, 5) is 27.6. The monoisotopic (exact) mass is 304 g/mol. The maximum atomic E-state index is 12.3. The molecule has 0 bridgehead atoms. The summed E-state index contributed by atoms with van der Waals surface area (Å²) in [7, 11) is 0. The summed E-state index contributed by atoms with van der Waals surface area (Å²) in [6, 6.07) is 9.30. The number of nitrogens with one attached hydrogen (secondary N) is 1. The van der Waals surface area contributed by atoms with Crippen molar-refractivity contribution >= 4 is 11.9 Å². The molecule has 1 atom stereocenters. The van der Waals surface area contributed by atoms with Crippen molar-refractivity contribution in [3.8, 4) is 0 Å². The van der Waals surface area contributed by atoms with Crippen LogP contribution >= 0.6 is 0 Å². The average Bonchev–Trinajstić information content (AvgIpc) is 2.56. The first-order chi connectivity index (χ1) is 10.6. The first kappa shape index (κ1) is 16.3. The Labute approximate surface area is 131 Å². The predicted octanol–water partition coefficient (Wildman–Crippen LogP) is 0.950. The van der Waals surface area contributed by atoms with Crippen LogP contribution in [0.25, 0.3) is 0 Å². The molecule has 120 valence electrons. The molecule has 1 saturated heterocycles. The number of urea groups is 1. The van der Waals surface area contributed by atoms with Crippen LogP contribution in [0.2, 0.25) is 0 Å². The summed E-state index contributed by atoms with van der Waals surface area (Å²) in [5.41, 5.74) is 7.06. The Morgan fingerprint density at radius 3 is 2.32 bits per heavy atom. The van der Waals surface area contributed by atoms with E-state index in [0.29, 0.717) is 39.1 Å². The van der Waals surface area contributed by atoms with Gasteiger partial charge in [-0.05, 0) is 12.5 Å². The Kier molecular flexibility index (Phi) is 5.77. The summed E-state index contributed by atoms with van der Waals surface area (Å²) >= 11 is 0. The van der Waals surface area contributed by atoms with Crippen molar-refractivity contribution in [2.75, 3.05) is 32.7 Å². The first-order valence-electron chi connectivity index (χ1n) is 7.73. The zero-order valence-electron chi connectivity index (χ0n) is 13.0. The van der Waals surface area contributed by atoms with Crippen molar-refractivity contribution in [2.24, 2.45) is 5.73 Å². The van der Waals surface area contributed by atoms with Crippen molar-refractivity contribution in [3.05, 3.63) is 35.9 Å². The summed E-state index contributed by atoms with van der Waals surface area (Å²) in [6.07, 6.45) is 0.297. The van der Waals surface area contributed by atoms with E-state index in [1.165, 1.54) is 0 Å². The van der Waals surface area contributed by atoms with E-state index < -0.39 is 0 Å². The number of carbonyl (C=O) groups excluding carboxylic acids is 2. The molecule has 3 N–H and O–H groups in total. The van der Waals surface area contributed by atoms with E-state index >= 15 is 0 Å². The molecule has 0 saturated carbocycles. The average molecular weight is 304 g/mol. The molecule has 22 heavy (non-hydrogen) atoms. The molecule has 1 aromatic carbocycles. The lowest BCUT2D eigenvalue weighted by molar-refractivity contribution is -0.133. The zero-order chi connectivity index (χ0) is 15.9. The molecule has 6 heteroatoms. The van der Waals surface area contributed by atoms with Gasteiger partial charge < -0.3 is 20.9 Å². The predicted molar refractivity (Wildman–Crippen MR) is 85.2 cm³/mol. The lowest BCUT2D eigenvalue weighted by Gasteiger charge is -2.35. The fourth-order valence-electron chi connectivity index (χ4n) is 2.56. The van der Waals surface area contributed by atoms with Crippen LogP contribution in [0.15, 0.2) is 30.3 Å². The van der Waals surface area contributed by atoms with Crippen molar-refractivity contribution in [3.63, 3.8) is 0 Å². The molecule has 1 aliphatic rings.